The predicted molar refractivity (Wildman–Crippen MR) is 105 cm³/mol. The lowest BCUT2D eigenvalue weighted by molar-refractivity contribution is -0.143. The van der Waals surface area contributed by atoms with E-state index in [1.165, 1.54) is 12.1 Å². The van der Waals surface area contributed by atoms with Crippen LogP contribution >= 0.6 is 0 Å². The molecular weight excluding hydrogens is 355 g/mol. The number of nitrogens with zero attached hydrogens (tertiary/aromatic N) is 2. The van der Waals surface area contributed by atoms with Gasteiger partial charge in [-0.3, -0.25) is 9.59 Å². The number of rotatable bonds is 3. The van der Waals surface area contributed by atoms with Gasteiger partial charge in [-0.1, -0.05) is 42.5 Å². The van der Waals surface area contributed by atoms with Crippen molar-refractivity contribution in [3.8, 4) is 0 Å². The first-order chi connectivity index (χ1) is 13.5. The van der Waals surface area contributed by atoms with E-state index in [-0.39, 0.29) is 35.8 Å². The summed E-state index contributed by atoms with van der Waals surface area (Å²) in [6.45, 7) is 0. The Balaban J connectivity index is 1.80. The second-order valence-electron chi connectivity index (χ2n) is 7.66. The minimum Gasteiger partial charge on any atom is -0.294 e. The zero-order chi connectivity index (χ0) is 19.8. The molecule has 0 saturated carbocycles. The van der Waals surface area contributed by atoms with Gasteiger partial charge in [-0.25, -0.2) is 14.4 Å². The van der Waals surface area contributed by atoms with Crippen molar-refractivity contribution >= 4 is 11.7 Å². The molecular formula is C23H23FN2O2. The third-order valence-electron chi connectivity index (χ3n) is 5.65. The molecule has 0 fully saturated rings. The van der Waals surface area contributed by atoms with Gasteiger partial charge in [-0.05, 0) is 35.6 Å². The van der Waals surface area contributed by atoms with Gasteiger partial charge >= 0.3 is 0 Å². The number of allylic oxidation sites excluding steroid dienone is 2. The molecule has 1 aliphatic carbocycles. The van der Waals surface area contributed by atoms with Gasteiger partial charge in [-0.15, -0.1) is 0 Å². The lowest BCUT2D eigenvalue weighted by atomic mass is 9.73. The Morgan fingerprint density at radius 1 is 0.893 bits per heavy atom. The minimum atomic E-state index is -0.325. The Labute approximate surface area is 164 Å². The molecule has 5 heteroatoms. The maximum absolute atomic E-state index is 13.4. The third-order valence-corrected chi connectivity index (χ3v) is 5.65. The number of hydrogen-bond acceptors (Lipinski definition) is 3. The highest BCUT2D eigenvalue weighted by atomic mass is 19.1. The zero-order valence-electron chi connectivity index (χ0n) is 16.1. The smallest absolute Gasteiger partial charge is 0.242 e. The molecule has 0 unspecified atom stereocenters. The number of Topliss-reactive ketones (excluding diaryl/α,β-unsaturated/α-hetero) is 1. The second-order valence-corrected chi connectivity index (χ2v) is 7.66. The maximum Gasteiger partial charge on any atom is 0.242 e. The molecule has 0 spiro atoms. The highest BCUT2D eigenvalue weighted by molar-refractivity contribution is 6.02. The van der Waals surface area contributed by atoms with E-state index >= 15 is 0 Å². The van der Waals surface area contributed by atoms with Crippen LogP contribution in [0.2, 0.25) is 0 Å². The van der Waals surface area contributed by atoms with Crippen LogP contribution in [0.1, 0.15) is 42.2 Å². The molecule has 0 N–H and O–H groups in total. The van der Waals surface area contributed by atoms with Crippen molar-refractivity contribution in [2.75, 3.05) is 14.1 Å². The Morgan fingerprint density at radius 3 is 2.21 bits per heavy atom. The first-order valence-corrected chi connectivity index (χ1v) is 9.52. The number of halogens is 1. The Hall–Kier alpha value is -2.79. The van der Waals surface area contributed by atoms with Crippen LogP contribution < -0.4 is 0 Å². The number of benzene rings is 2. The molecule has 0 saturated heterocycles. The summed E-state index contributed by atoms with van der Waals surface area (Å²) in [4.78, 5) is 26.2. The molecule has 4 rings (SSSR count). The lowest BCUT2D eigenvalue weighted by Gasteiger charge is -2.42. The normalized spacial score (nSPS) is 22.6. The van der Waals surface area contributed by atoms with Gasteiger partial charge < -0.3 is 0 Å². The molecule has 1 aliphatic heterocycles. The van der Waals surface area contributed by atoms with Gasteiger partial charge in [0.15, 0.2) is 5.78 Å². The standard InChI is InChI=1S/C23H23FN2O2/c1-25(2)26-20-12-17(15-6-4-3-5-7-15)13-21(27)23(20)19(14-22(26)28)16-8-10-18(24)11-9-16/h3-11,17,19H,12-14H2,1-2H3/t17-,19-/m1/s1. The van der Waals surface area contributed by atoms with Gasteiger partial charge in [0.05, 0.1) is 0 Å². The van der Waals surface area contributed by atoms with E-state index in [1.807, 2.05) is 44.4 Å². The summed E-state index contributed by atoms with van der Waals surface area (Å²) in [6, 6.07) is 16.1. The minimum absolute atomic E-state index is 0.0420. The molecule has 4 nitrogen and oxygen atoms in total. The van der Waals surface area contributed by atoms with Crippen molar-refractivity contribution in [3.05, 3.63) is 82.8 Å². The van der Waals surface area contributed by atoms with Gasteiger partial charge in [0.25, 0.3) is 0 Å². The van der Waals surface area contributed by atoms with Crippen molar-refractivity contribution in [3.63, 3.8) is 0 Å². The monoisotopic (exact) mass is 378 g/mol. The molecule has 0 aromatic heterocycles. The zero-order valence-corrected chi connectivity index (χ0v) is 16.1. The quantitative estimate of drug-likeness (QED) is 0.810. The molecule has 0 bridgehead atoms. The van der Waals surface area contributed by atoms with Gasteiger partial charge in [0.1, 0.15) is 5.82 Å². The molecule has 1 amide bonds. The van der Waals surface area contributed by atoms with E-state index in [0.29, 0.717) is 18.4 Å². The fraction of sp³-hybridized carbons (Fsp3) is 0.304. The van der Waals surface area contributed by atoms with E-state index in [1.54, 1.807) is 22.2 Å². The molecule has 1 heterocycles. The van der Waals surface area contributed by atoms with Crippen LogP contribution in [0.5, 0.6) is 0 Å². The second kappa shape index (κ2) is 7.32. The summed E-state index contributed by atoms with van der Waals surface area (Å²) >= 11 is 0. The summed E-state index contributed by atoms with van der Waals surface area (Å²) < 4.78 is 13.4. The number of carbonyl (C=O) groups excluding carboxylic acids is 2. The first-order valence-electron chi connectivity index (χ1n) is 9.52. The molecule has 2 atom stereocenters. The van der Waals surface area contributed by atoms with Crippen LogP contribution in [0.15, 0.2) is 65.9 Å². The van der Waals surface area contributed by atoms with Crippen molar-refractivity contribution in [1.82, 2.24) is 10.0 Å². The number of carbonyl (C=O) groups is 2. The van der Waals surface area contributed by atoms with Crippen LogP contribution in [0.3, 0.4) is 0 Å². The van der Waals surface area contributed by atoms with E-state index in [2.05, 4.69) is 0 Å². The summed E-state index contributed by atoms with van der Waals surface area (Å²) in [5.74, 6) is -0.560. The molecule has 144 valence electrons. The van der Waals surface area contributed by atoms with E-state index in [0.717, 1.165) is 16.8 Å². The number of amides is 1. The molecule has 2 aliphatic rings. The molecule has 28 heavy (non-hydrogen) atoms. The Bertz CT molecular complexity index is 935. The third kappa shape index (κ3) is 3.27. The van der Waals surface area contributed by atoms with E-state index < -0.39 is 0 Å². The molecule has 2 aromatic rings. The topological polar surface area (TPSA) is 40.6 Å². The largest absolute Gasteiger partial charge is 0.294 e. The van der Waals surface area contributed by atoms with Crippen molar-refractivity contribution in [2.24, 2.45) is 0 Å². The van der Waals surface area contributed by atoms with Crippen LogP contribution in [0.25, 0.3) is 0 Å². The number of ketones is 1. The number of hydrogen-bond donors (Lipinski definition) is 0. The van der Waals surface area contributed by atoms with Gasteiger partial charge in [0.2, 0.25) is 5.91 Å². The number of hydrazine groups is 1. The predicted octanol–water partition coefficient (Wildman–Crippen LogP) is 4.02. The average Bonchev–Trinajstić information content (AvgIpc) is 2.68. The summed E-state index contributed by atoms with van der Waals surface area (Å²) in [5, 5.41) is 3.39. The highest BCUT2D eigenvalue weighted by Crippen LogP contribution is 2.45. The maximum atomic E-state index is 13.4. The van der Waals surface area contributed by atoms with E-state index in [4.69, 9.17) is 0 Å². The fourth-order valence-corrected chi connectivity index (χ4v) is 4.42. The summed E-state index contributed by atoms with van der Waals surface area (Å²) in [6.07, 6.45) is 1.27. The van der Waals surface area contributed by atoms with Crippen molar-refractivity contribution in [1.29, 1.82) is 0 Å². The van der Waals surface area contributed by atoms with Gasteiger partial charge in [0, 0.05) is 44.1 Å². The van der Waals surface area contributed by atoms with Crippen LogP contribution in [0.4, 0.5) is 4.39 Å². The summed E-state index contributed by atoms with van der Waals surface area (Å²) in [7, 11) is 3.63. The fourth-order valence-electron chi connectivity index (χ4n) is 4.42. The first kappa shape index (κ1) is 18.6. The molecule has 2 aromatic carbocycles. The van der Waals surface area contributed by atoms with Crippen LogP contribution in [0, 0.1) is 5.82 Å². The summed E-state index contributed by atoms with van der Waals surface area (Å²) in [5.41, 5.74) is 3.40. The Morgan fingerprint density at radius 2 is 1.57 bits per heavy atom. The van der Waals surface area contributed by atoms with Crippen molar-refractivity contribution < 1.29 is 14.0 Å². The van der Waals surface area contributed by atoms with Gasteiger partial charge in [-0.2, -0.15) is 0 Å². The van der Waals surface area contributed by atoms with Crippen molar-refractivity contribution in [2.45, 2.75) is 31.1 Å². The lowest BCUT2D eigenvalue weighted by Crippen LogP contribution is -2.47. The van der Waals surface area contributed by atoms with Crippen LogP contribution in [-0.2, 0) is 9.59 Å². The Kier molecular flexibility index (Phi) is 4.85. The van der Waals surface area contributed by atoms with E-state index in [9.17, 15) is 14.0 Å². The average molecular weight is 378 g/mol. The highest BCUT2D eigenvalue weighted by Gasteiger charge is 2.42. The van der Waals surface area contributed by atoms with Crippen LogP contribution in [-0.4, -0.2) is 35.8 Å². The SMILES string of the molecule is CN(C)N1C(=O)C[C@H](c2ccc(F)cc2)C2=C1C[C@@H](c1ccccc1)CC2=O. The molecule has 0 radical (unpaired) electrons.